The first-order valence-corrected chi connectivity index (χ1v) is 11.7. The molecule has 164 valence electrons. The van der Waals surface area contributed by atoms with Gasteiger partial charge in [0.1, 0.15) is 5.82 Å². The molecule has 1 aliphatic heterocycles. The maximum Gasteiger partial charge on any atom is 0.256 e. The number of primary amides is 1. The Bertz CT molecular complexity index is 1320. The lowest BCUT2D eigenvalue weighted by Gasteiger charge is -2.35. The lowest BCUT2D eigenvalue weighted by atomic mass is 10.1. The van der Waals surface area contributed by atoms with Gasteiger partial charge in [0, 0.05) is 61.9 Å². The summed E-state index contributed by atoms with van der Waals surface area (Å²) in [5, 5.41) is 4.69. The highest BCUT2D eigenvalue weighted by Gasteiger charge is 2.26. The van der Waals surface area contributed by atoms with E-state index in [4.69, 9.17) is 17.3 Å². The van der Waals surface area contributed by atoms with Crippen molar-refractivity contribution in [1.82, 2.24) is 14.5 Å². The fraction of sp³-hybridized carbons (Fsp3) is 0.261. The zero-order valence-corrected chi connectivity index (χ0v) is 18.9. The number of anilines is 1. The van der Waals surface area contributed by atoms with Crippen LogP contribution in [-0.2, 0) is 11.3 Å². The summed E-state index contributed by atoms with van der Waals surface area (Å²) in [6, 6.07) is 9.59. The summed E-state index contributed by atoms with van der Waals surface area (Å²) in [7, 11) is 0. The number of halogens is 1. The van der Waals surface area contributed by atoms with Gasteiger partial charge in [-0.1, -0.05) is 17.7 Å². The molecule has 0 bridgehead atoms. The summed E-state index contributed by atoms with van der Waals surface area (Å²) in [6.45, 7) is 3.08. The van der Waals surface area contributed by atoms with Gasteiger partial charge in [0.05, 0.1) is 15.8 Å². The Balaban J connectivity index is 1.37. The highest BCUT2D eigenvalue weighted by molar-refractivity contribution is 7.17. The van der Waals surface area contributed by atoms with E-state index in [-0.39, 0.29) is 18.2 Å². The summed E-state index contributed by atoms with van der Waals surface area (Å²) in [4.78, 5) is 33.4. The molecular formula is C23H22ClN5O2S. The van der Waals surface area contributed by atoms with Gasteiger partial charge in [-0.3, -0.25) is 9.59 Å². The number of amides is 2. The number of aromatic nitrogens is 2. The lowest BCUT2D eigenvalue weighted by molar-refractivity contribution is -0.118. The minimum absolute atomic E-state index is 0.0166. The molecule has 32 heavy (non-hydrogen) atoms. The number of hydrogen-bond donors (Lipinski definition) is 1. The maximum atomic E-state index is 13.4. The molecule has 4 aromatic rings. The van der Waals surface area contributed by atoms with Crippen LogP contribution in [-0.4, -0.2) is 52.4 Å². The van der Waals surface area contributed by atoms with Gasteiger partial charge >= 0.3 is 0 Å². The summed E-state index contributed by atoms with van der Waals surface area (Å²) < 4.78 is 3.07. The van der Waals surface area contributed by atoms with E-state index in [0.717, 1.165) is 29.8 Å². The average Bonchev–Trinajstić information content (AvgIpc) is 3.41. The van der Waals surface area contributed by atoms with Crippen LogP contribution in [0, 0.1) is 0 Å². The number of nitrogens with two attached hydrogens (primary N) is 1. The SMILES string of the molecule is NC(=O)CCn1cc(C(=O)N2CCN(c3nccc4ccsc34)CC2)c2ccc(Cl)cc21. The van der Waals surface area contributed by atoms with E-state index >= 15 is 0 Å². The molecule has 7 nitrogen and oxygen atoms in total. The van der Waals surface area contributed by atoms with Crippen molar-refractivity contribution in [2.45, 2.75) is 13.0 Å². The van der Waals surface area contributed by atoms with E-state index in [1.54, 1.807) is 17.4 Å². The molecular weight excluding hydrogens is 446 g/mol. The topological polar surface area (TPSA) is 84.5 Å². The van der Waals surface area contributed by atoms with Crippen LogP contribution in [0.25, 0.3) is 21.0 Å². The number of benzene rings is 1. The number of hydrogen-bond acceptors (Lipinski definition) is 5. The standard InChI is InChI=1S/C23H22ClN5O2S/c24-16-1-2-17-18(14-29(19(17)13-16)7-4-20(25)30)23(31)28-10-8-27(9-11-28)22-21-15(3-6-26-22)5-12-32-21/h1-3,5-6,12-14H,4,7-11H2,(H2,25,30). The Morgan fingerprint density at radius 2 is 1.94 bits per heavy atom. The van der Waals surface area contributed by atoms with Crippen LogP contribution in [0.2, 0.25) is 5.02 Å². The van der Waals surface area contributed by atoms with Gasteiger partial charge in [0.15, 0.2) is 0 Å². The number of carbonyl (C=O) groups is 2. The fourth-order valence-electron chi connectivity index (χ4n) is 4.25. The summed E-state index contributed by atoms with van der Waals surface area (Å²) >= 11 is 7.88. The Kier molecular flexibility index (Phi) is 5.48. The molecule has 3 aromatic heterocycles. The minimum atomic E-state index is -0.382. The van der Waals surface area contributed by atoms with E-state index in [0.29, 0.717) is 30.2 Å². The van der Waals surface area contributed by atoms with Crippen molar-refractivity contribution in [2.24, 2.45) is 5.73 Å². The Labute approximate surface area is 194 Å². The van der Waals surface area contributed by atoms with Crippen LogP contribution in [0.4, 0.5) is 5.82 Å². The van der Waals surface area contributed by atoms with Crippen molar-refractivity contribution < 1.29 is 9.59 Å². The smallest absolute Gasteiger partial charge is 0.256 e. The molecule has 9 heteroatoms. The molecule has 1 aliphatic rings. The predicted octanol–water partition coefficient (Wildman–Crippen LogP) is 3.74. The molecule has 2 amide bonds. The Hall–Kier alpha value is -3.10. The van der Waals surface area contributed by atoms with E-state index < -0.39 is 0 Å². The number of pyridine rings is 1. The van der Waals surface area contributed by atoms with Gasteiger partial charge in [0.25, 0.3) is 5.91 Å². The highest BCUT2D eigenvalue weighted by Crippen LogP contribution is 2.31. The molecule has 0 aliphatic carbocycles. The molecule has 0 saturated carbocycles. The van der Waals surface area contributed by atoms with Crippen LogP contribution in [0.3, 0.4) is 0 Å². The van der Waals surface area contributed by atoms with Gasteiger partial charge < -0.3 is 20.1 Å². The van der Waals surface area contributed by atoms with Gasteiger partial charge in [-0.2, -0.15) is 0 Å². The van der Waals surface area contributed by atoms with E-state index in [1.807, 2.05) is 40.1 Å². The van der Waals surface area contributed by atoms with Crippen LogP contribution in [0.1, 0.15) is 16.8 Å². The molecule has 1 saturated heterocycles. The number of nitrogens with zero attached hydrogens (tertiary/aromatic N) is 4. The van der Waals surface area contributed by atoms with Gasteiger partial charge in [-0.05, 0) is 35.0 Å². The van der Waals surface area contributed by atoms with Crippen LogP contribution in [0.15, 0.2) is 48.1 Å². The summed E-state index contributed by atoms with van der Waals surface area (Å²) in [6.07, 6.45) is 3.85. The number of piperazine rings is 1. The number of rotatable bonds is 5. The predicted molar refractivity (Wildman–Crippen MR) is 128 cm³/mol. The molecule has 1 fully saturated rings. The van der Waals surface area contributed by atoms with Crippen molar-refractivity contribution in [1.29, 1.82) is 0 Å². The summed E-state index contributed by atoms with van der Waals surface area (Å²) in [5.74, 6) is 0.589. The van der Waals surface area contributed by atoms with Crippen molar-refractivity contribution in [3.05, 3.63) is 58.7 Å². The molecule has 1 aromatic carbocycles. The van der Waals surface area contributed by atoms with Crippen LogP contribution in [0.5, 0.6) is 0 Å². The highest BCUT2D eigenvalue weighted by atomic mass is 35.5. The Morgan fingerprint density at radius 1 is 1.12 bits per heavy atom. The second-order valence-corrected chi connectivity index (χ2v) is 9.22. The molecule has 0 atom stereocenters. The average molecular weight is 468 g/mol. The molecule has 0 radical (unpaired) electrons. The van der Waals surface area contributed by atoms with Crippen LogP contribution < -0.4 is 10.6 Å². The third-order valence-electron chi connectivity index (χ3n) is 5.89. The monoisotopic (exact) mass is 467 g/mol. The van der Waals surface area contributed by atoms with Crippen molar-refractivity contribution in [2.75, 3.05) is 31.1 Å². The zero-order chi connectivity index (χ0) is 22.2. The zero-order valence-electron chi connectivity index (χ0n) is 17.3. The molecule has 0 unspecified atom stereocenters. The first kappa shape index (κ1) is 20.8. The normalized spacial score (nSPS) is 14.4. The second-order valence-electron chi connectivity index (χ2n) is 7.87. The number of fused-ring (bicyclic) bond motifs is 2. The first-order valence-electron chi connectivity index (χ1n) is 10.4. The fourth-order valence-corrected chi connectivity index (χ4v) is 5.32. The molecule has 2 N–H and O–H groups in total. The van der Waals surface area contributed by atoms with Gasteiger partial charge in [-0.15, -0.1) is 11.3 Å². The maximum absolute atomic E-state index is 13.4. The molecule has 5 rings (SSSR count). The number of carbonyl (C=O) groups excluding carboxylic acids is 2. The van der Waals surface area contributed by atoms with E-state index in [9.17, 15) is 9.59 Å². The first-order chi connectivity index (χ1) is 15.5. The summed E-state index contributed by atoms with van der Waals surface area (Å²) in [5.41, 5.74) is 6.77. The van der Waals surface area contributed by atoms with Gasteiger partial charge in [0.2, 0.25) is 5.91 Å². The Morgan fingerprint density at radius 3 is 2.72 bits per heavy atom. The third-order valence-corrected chi connectivity index (χ3v) is 7.05. The van der Waals surface area contributed by atoms with Crippen LogP contribution >= 0.6 is 22.9 Å². The van der Waals surface area contributed by atoms with Crippen molar-refractivity contribution in [3.63, 3.8) is 0 Å². The lowest BCUT2D eigenvalue weighted by Crippen LogP contribution is -2.49. The largest absolute Gasteiger partial charge is 0.370 e. The molecule has 0 spiro atoms. The second kappa shape index (κ2) is 8.44. The van der Waals surface area contributed by atoms with Gasteiger partial charge in [-0.25, -0.2) is 4.98 Å². The van der Waals surface area contributed by atoms with Crippen molar-refractivity contribution >= 4 is 61.6 Å². The number of aryl methyl sites for hydroxylation is 1. The van der Waals surface area contributed by atoms with Crippen molar-refractivity contribution in [3.8, 4) is 0 Å². The molecule has 4 heterocycles. The third kappa shape index (κ3) is 3.80. The quantitative estimate of drug-likeness (QED) is 0.484. The van der Waals surface area contributed by atoms with E-state index in [1.165, 1.54) is 10.1 Å². The number of thiophene rings is 1. The minimum Gasteiger partial charge on any atom is -0.370 e. The van der Waals surface area contributed by atoms with E-state index in [2.05, 4.69) is 21.3 Å².